The zero-order valence-electron chi connectivity index (χ0n) is 11.6. The molecule has 0 spiro atoms. The molecule has 0 bridgehead atoms. The molecule has 1 fully saturated rings. The molecule has 2 heterocycles. The van der Waals surface area contributed by atoms with Crippen molar-refractivity contribution in [3.8, 4) is 0 Å². The number of nitroso groups, excluding NO2 is 1. The Morgan fingerprint density at radius 2 is 2.05 bits per heavy atom. The maximum atomic E-state index is 12.6. The van der Waals surface area contributed by atoms with Gasteiger partial charge < -0.3 is 14.7 Å². The van der Waals surface area contributed by atoms with E-state index in [9.17, 15) is 10.1 Å². The van der Waals surface area contributed by atoms with Crippen LogP contribution in [-0.2, 0) is 0 Å². The minimum atomic E-state index is -0.260. The summed E-state index contributed by atoms with van der Waals surface area (Å²) in [4.78, 5) is 12.2. The van der Waals surface area contributed by atoms with Crippen molar-refractivity contribution in [2.45, 2.75) is 37.8 Å². The standard InChI is InChI=1S/C16H16N2O3/c19-17-10-14(18(20)13-7-3-2-6-12(13)17)16-9-11-5-1-4-8-15(11)21-16/h1,4-5,8-10,12-13H,2-3,6-7H2/t12-,13-/m0/s1. The van der Waals surface area contributed by atoms with E-state index < -0.39 is 0 Å². The number of benzene rings is 1. The summed E-state index contributed by atoms with van der Waals surface area (Å²) in [6.07, 6.45) is 4.96. The van der Waals surface area contributed by atoms with Crippen molar-refractivity contribution in [3.63, 3.8) is 0 Å². The molecular weight excluding hydrogens is 268 g/mol. The van der Waals surface area contributed by atoms with E-state index in [1.54, 1.807) is 0 Å². The van der Waals surface area contributed by atoms with E-state index >= 15 is 0 Å². The Balaban J connectivity index is 1.78. The lowest BCUT2D eigenvalue weighted by Gasteiger charge is -2.43. The lowest BCUT2D eigenvalue weighted by molar-refractivity contribution is -0.536. The number of hydrogen-bond acceptors (Lipinski definition) is 4. The fourth-order valence-electron chi connectivity index (χ4n) is 3.39. The lowest BCUT2D eigenvalue weighted by atomic mass is 9.88. The van der Waals surface area contributed by atoms with Gasteiger partial charge in [-0.05, 0) is 25.0 Å². The van der Waals surface area contributed by atoms with Crippen LogP contribution in [0.4, 0.5) is 0 Å². The largest absolute Gasteiger partial charge is 0.758 e. The van der Waals surface area contributed by atoms with E-state index in [0.29, 0.717) is 11.5 Å². The topological polar surface area (TPSA) is 59.5 Å². The average molecular weight is 284 g/mol. The second-order valence-corrected chi connectivity index (χ2v) is 5.77. The molecule has 1 aliphatic carbocycles. The third-order valence-electron chi connectivity index (χ3n) is 4.49. The van der Waals surface area contributed by atoms with Crippen LogP contribution in [-0.4, -0.2) is 21.9 Å². The van der Waals surface area contributed by atoms with Crippen LogP contribution in [0.1, 0.15) is 31.4 Å². The van der Waals surface area contributed by atoms with Gasteiger partial charge in [-0.3, -0.25) is 0 Å². The number of fused-ring (bicyclic) bond motifs is 2. The number of nitrogens with zero attached hydrogens (tertiary/aromatic N) is 2. The van der Waals surface area contributed by atoms with E-state index in [4.69, 9.17) is 4.42 Å². The fraction of sp³-hybridized carbons (Fsp3) is 0.375. The van der Waals surface area contributed by atoms with Crippen molar-refractivity contribution >= 4 is 16.7 Å². The van der Waals surface area contributed by atoms with Gasteiger partial charge in [0.2, 0.25) is 12.2 Å². The lowest BCUT2D eigenvalue weighted by Crippen LogP contribution is -2.49. The molecule has 1 aromatic carbocycles. The Kier molecular flexibility index (Phi) is 2.82. The Labute approximate surface area is 122 Å². The molecule has 4 rings (SSSR count). The van der Waals surface area contributed by atoms with Crippen LogP contribution in [0.3, 0.4) is 0 Å². The summed E-state index contributed by atoms with van der Waals surface area (Å²) < 4.78 is 6.68. The van der Waals surface area contributed by atoms with E-state index in [1.165, 1.54) is 6.20 Å². The molecule has 2 aromatic rings. The normalized spacial score (nSPS) is 25.9. The average Bonchev–Trinajstić information content (AvgIpc) is 2.94. The molecule has 2 aliphatic rings. The molecule has 108 valence electrons. The van der Waals surface area contributed by atoms with Gasteiger partial charge in [0.05, 0.1) is 6.04 Å². The second kappa shape index (κ2) is 4.70. The van der Waals surface area contributed by atoms with Crippen LogP contribution < -0.4 is 0 Å². The van der Waals surface area contributed by atoms with Gasteiger partial charge >= 0.3 is 0 Å². The van der Waals surface area contributed by atoms with Gasteiger partial charge in [-0.1, -0.05) is 24.6 Å². The molecule has 0 saturated heterocycles. The van der Waals surface area contributed by atoms with Crippen molar-refractivity contribution in [1.29, 1.82) is 0 Å². The molecule has 5 heteroatoms. The van der Waals surface area contributed by atoms with Crippen LogP contribution in [0.2, 0.25) is 0 Å². The first-order chi connectivity index (χ1) is 10.2. The molecule has 0 unspecified atom stereocenters. The van der Waals surface area contributed by atoms with Crippen LogP contribution in [0.15, 0.2) is 40.9 Å². The van der Waals surface area contributed by atoms with Crippen molar-refractivity contribution in [3.05, 3.63) is 52.4 Å². The first-order valence-corrected chi connectivity index (χ1v) is 7.36. The summed E-state index contributed by atoms with van der Waals surface area (Å²) >= 11 is 0. The second-order valence-electron chi connectivity index (χ2n) is 5.77. The van der Waals surface area contributed by atoms with Crippen LogP contribution in [0, 0.1) is 10.1 Å². The first-order valence-electron chi connectivity index (χ1n) is 7.36. The third-order valence-corrected chi connectivity index (χ3v) is 4.49. The SMILES string of the molecule is O=[N+]1C=C(c2cc3ccccc3o2)N([O-])[C@H]2CCCC[C@@H]21. The van der Waals surface area contributed by atoms with Crippen LogP contribution in [0.5, 0.6) is 0 Å². The molecule has 1 aromatic heterocycles. The van der Waals surface area contributed by atoms with Gasteiger partial charge in [0.15, 0.2) is 5.76 Å². The minimum Gasteiger partial charge on any atom is -0.758 e. The molecule has 0 radical (unpaired) electrons. The zero-order valence-corrected chi connectivity index (χ0v) is 11.6. The van der Waals surface area contributed by atoms with Gasteiger partial charge in [-0.15, -0.1) is 0 Å². The molecular formula is C16H16N2O3. The Morgan fingerprint density at radius 1 is 1.24 bits per heavy atom. The van der Waals surface area contributed by atoms with Crippen molar-refractivity contribution in [2.75, 3.05) is 0 Å². The van der Waals surface area contributed by atoms with Gasteiger partial charge in [0.25, 0.3) is 0 Å². The van der Waals surface area contributed by atoms with E-state index in [2.05, 4.69) is 0 Å². The summed E-state index contributed by atoms with van der Waals surface area (Å²) in [7, 11) is 0. The van der Waals surface area contributed by atoms with E-state index in [0.717, 1.165) is 46.5 Å². The Hall–Kier alpha value is -2.14. The van der Waals surface area contributed by atoms with Crippen molar-refractivity contribution in [2.24, 2.45) is 0 Å². The third kappa shape index (κ3) is 1.96. The smallest absolute Gasteiger partial charge is 0.247 e. The fourth-order valence-corrected chi connectivity index (χ4v) is 3.39. The summed E-state index contributed by atoms with van der Waals surface area (Å²) in [5, 5.41) is 14.5. The molecule has 1 saturated carbocycles. The highest BCUT2D eigenvalue weighted by molar-refractivity contribution is 5.81. The summed E-state index contributed by atoms with van der Waals surface area (Å²) in [6.45, 7) is 0. The molecule has 21 heavy (non-hydrogen) atoms. The number of para-hydroxylation sites is 1. The van der Waals surface area contributed by atoms with Crippen LogP contribution in [0.25, 0.3) is 16.7 Å². The summed E-state index contributed by atoms with van der Waals surface area (Å²) in [5.41, 5.74) is 1.06. The molecule has 0 N–H and O–H groups in total. The highest BCUT2D eigenvalue weighted by Gasteiger charge is 2.42. The first kappa shape index (κ1) is 12.6. The molecule has 5 nitrogen and oxygen atoms in total. The number of furan rings is 1. The van der Waals surface area contributed by atoms with Crippen LogP contribution >= 0.6 is 0 Å². The maximum Gasteiger partial charge on any atom is 0.247 e. The highest BCUT2D eigenvalue weighted by atomic mass is 16.5. The van der Waals surface area contributed by atoms with Gasteiger partial charge in [-0.2, -0.15) is 0 Å². The van der Waals surface area contributed by atoms with E-state index in [-0.39, 0.29) is 12.1 Å². The predicted molar refractivity (Wildman–Crippen MR) is 79.1 cm³/mol. The van der Waals surface area contributed by atoms with Gasteiger partial charge in [0.1, 0.15) is 11.3 Å². The van der Waals surface area contributed by atoms with Gasteiger partial charge in [-0.25, -0.2) is 0 Å². The number of rotatable bonds is 1. The Morgan fingerprint density at radius 3 is 2.90 bits per heavy atom. The van der Waals surface area contributed by atoms with Crippen molar-refractivity contribution in [1.82, 2.24) is 5.06 Å². The minimum absolute atomic E-state index is 0.218. The Bertz CT molecular complexity index is 701. The van der Waals surface area contributed by atoms with Crippen molar-refractivity contribution < 1.29 is 9.18 Å². The number of hydroxylamine groups is 2. The predicted octanol–water partition coefficient (Wildman–Crippen LogP) is 3.63. The molecule has 1 aliphatic heterocycles. The molecule has 2 atom stereocenters. The maximum absolute atomic E-state index is 12.6. The quantitative estimate of drug-likeness (QED) is 0.750. The van der Waals surface area contributed by atoms with E-state index in [1.807, 2.05) is 30.3 Å². The number of hydrogen-bond donors (Lipinski definition) is 0. The summed E-state index contributed by atoms with van der Waals surface area (Å²) in [6, 6.07) is 8.94. The summed E-state index contributed by atoms with van der Waals surface area (Å²) in [5.74, 6) is 0.469. The highest BCUT2D eigenvalue weighted by Crippen LogP contribution is 2.36. The molecule has 0 amide bonds. The van der Waals surface area contributed by atoms with Gasteiger partial charge in [0, 0.05) is 21.5 Å². The monoisotopic (exact) mass is 284 g/mol. The zero-order chi connectivity index (χ0) is 14.4.